The van der Waals surface area contributed by atoms with Crippen LogP contribution in [0.4, 0.5) is 10.5 Å². The van der Waals surface area contributed by atoms with Crippen LogP contribution in [0.25, 0.3) is 11.3 Å². The molecule has 0 fully saturated rings. The maximum Gasteiger partial charge on any atom is 0.319 e. The Balaban J connectivity index is 1.44. The van der Waals surface area contributed by atoms with Gasteiger partial charge in [0.25, 0.3) is 0 Å². The molecule has 0 bridgehead atoms. The number of carbonyl (C=O) groups is 1. The predicted molar refractivity (Wildman–Crippen MR) is 124 cm³/mol. The van der Waals surface area contributed by atoms with Crippen LogP contribution >= 0.6 is 0 Å². The van der Waals surface area contributed by atoms with E-state index in [0.717, 1.165) is 11.3 Å². The van der Waals surface area contributed by atoms with Crippen molar-refractivity contribution < 1.29 is 19.0 Å². The van der Waals surface area contributed by atoms with Gasteiger partial charge < -0.3 is 24.8 Å². The van der Waals surface area contributed by atoms with Gasteiger partial charge in [0.05, 0.1) is 25.5 Å². The molecule has 8 heteroatoms. The van der Waals surface area contributed by atoms with Crippen LogP contribution < -0.4 is 24.8 Å². The van der Waals surface area contributed by atoms with Gasteiger partial charge in [-0.05, 0) is 39.0 Å². The Labute approximate surface area is 187 Å². The van der Waals surface area contributed by atoms with Crippen molar-refractivity contribution in [1.82, 2.24) is 15.5 Å². The molecule has 0 radical (unpaired) electrons. The van der Waals surface area contributed by atoms with E-state index in [1.54, 1.807) is 24.3 Å². The molecular formula is C24H28N4O4. The highest BCUT2D eigenvalue weighted by atomic mass is 16.5. The topological polar surface area (TPSA) is 94.6 Å². The van der Waals surface area contributed by atoms with Crippen molar-refractivity contribution in [3.05, 3.63) is 60.2 Å². The molecule has 1 aromatic heterocycles. The molecule has 0 unspecified atom stereocenters. The summed E-state index contributed by atoms with van der Waals surface area (Å²) in [5, 5.41) is 13.8. The van der Waals surface area contributed by atoms with Crippen LogP contribution in [0, 0.1) is 6.92 Å². The van der Waals surface area contributed by atoms with Crippen molar-refractivity contribution in [3.63, 3.8) is 0 Å². The molecule has 1 heterocycles. The van der Waals surface area contributed by atoms with Gasteiger partial charge in [0.2, 0.25) is 5.88 Å². The van der Waals surface area contributed by atoms with Crippen LogP contribution in [0.3, 0.4) is 0 Å². The summed E-state index contributed by atoms with van der Waals surface area (Å²) in [7, 11) is 0. The Bertz CT molecular complexity index is 1010. The van der Waals surface area contributed by atoms with E-state index in [4.69, 9.17) is 14.2 Å². The van der Waals surface area contributed by atoms with Crippen LogP contribution in [0.15, 0.2) is 54.6 Å². The molecule has 0 aliphatic heterocycles. The molecule has 2 N–H and O–H groups in total. The minimum absolute atomic E-state index is 0.263. The van der Waals surface area contributed by atoms with E-state index in [2.05, 4.69) is 20.8 Å². The fourth-order valence-electron chi connectivity index (χ4n) is 2.90. The molecule has 3 rings (SSSR count). The first kappa shape index (κ1) is 22.9. The molecule has 0 aliphatic rings. The lowest BCUT2D eigenvalue weighted by atomic mass is 10.1. The first-order chi connectivity index (χ1) is 15.6. The van der Waals surface area contributed by atoms with E-state index in [1.165, 1.54) is 5.56 Å². The Morgan fingerprint density at radius 3 is 2.31 bits per heavy atom. The quantitative estimate of drug-likeness (QED) is 0.456. The summed E-state index contributed by atoms with van der Waals surface area (Å²) in [6, 6.07) is 16.6. The lowest BCUT2D eigenvalue weighted by Crippen LogP contribution is -2.32. The number of rotatable bonds is 10. The number of amides is 2. The van der Waals surface area contributed by atoms with E-state index in [0.29, 0.717) is 42.8 Å². The van der Waals surface area contributed by atoms with Gasteiger partial charge in [0, 0.05) is 23.4 Å². The third-order valence-corrected chi connectivity index (χ3v) is 4.43. The molecule has 2 amide bonds. The lowest BCUT2D eigenvalue weighted by Gasteiger charge is -2.13. The Hall–Kier alpha value is -3.81. The number of aromatic nitrogens is 2. The van der Waals surface area contributed by atoms with Gasteiger partial charge in [0.1, 0.15) is 6.61 Å². The zero-order valence-electron chi connectivity index (χ0n) is 18.6. The highest BCUT2D eigenvalue weighted by molar-refractivity contribution is 5.89. The second kappa shape index (κ2) is 11.5. The Kier molecular flexibility index (Phi) is 8.25. The fraction of sp³-hybridized carbons (Fsp3) is 0.292. The van der Waals surface area contributed by atoms with Crippen LogP contribution in [0.2, 0.25) is 0 Å². The van der Waals surface area contributed by atoms with Crippen molar-refractivity contribution in [2.45, 2.75) is 20.8 Å². The number of anilines is 1. The molecule has 8 nitrogen and oxygen atoms in total. The third kappa shape index (κ3) is 6.60. The highest BCUT2D eigenvalue weighted by Gasteiger charge is 2.08. The first-order valence-electron chi connectivity index (χ1n) is 10.6. The number of urea groups is 1. The number of nitrogens with zero attached hydrogens (tertiary/aromatic N) is 2. The number of hydrogen-bond donors (Lipinski definition) is 2. The molecule has 0 atom stereocenters. The minimum Gasteiger partial charge on any atom is -0.490 e. The molecular weight excluding hydrogens is 408 g/mol. The van der Waals surface area contributed by atoms with E-state index >= 15 is 0 Å². The summed E-state index contributed by atoms with van der Waals surface area (Å²) in [4.78, 5) is 12.2. The zero-order valence-corrected chi connectivity index (χ0v) is 18.6. The Morgan fingerprint density at radius 1 is 0.875 bits per heavy atom. The molecule has 168 valence electrons. The van der Waals surface area contributed by atoms with E-state index in [1.807, 2.05) is 51.1 Å². The summed E-state index contributed by atoms with van der Waals surface area (Å²) in [6.07, 6.45) is 0. The summed E-state index contributed by atoms with van der Waals surface area (Å²) >= 11 is 0. The zero-order chi connectivity index (χ0) is 22.8. The molecule has 2 aromatic carbocycles. The standard InChI is InChI=1S/C24H28N4O4/c1-4-30-21-12-10-19(16-22(21)31-5-2)26-24(29)25-14-15-32-23-13-11-20(27-28-23)18-8-6-17(3)7-9-18/h6-13,16H,4-5,14-15H2,1-3H3,(H2,25,26,29). The minimum atomic E-state index is -0.346. The molecule has 0 spiro atoms. The number of aryl methyl sites for hydroxylation is 1. The molecule has 32 heavy (non-hydrogen) atoms. The predicted octanol–water partition coefficient (Wildman–Crippen LogP) is 4.45. The SMILES string of the molecule is CCOc1ccc(NC(=O)NCCOc2ccc(-c3ccc(C)cc3)nn2)cc1OCC. The van der Waals surface area contributed by atoms with E-state index < -0.39 is 0 Å². The molecule has 3 aromatic rings. The Morgan fingerprint density at radius 2 is 1.62 bits per heavy atom. The second-order valence-electron chi connectivity index (χ2n) is 6.88. The molecule has 0 aliphatic carbocycles. The average Bonchev–Trinajstić information content (AvgIpc) is 2.80. The van der Waals surface area contributed by atoms with Gasteiger partial charge in [-0.2, -0.15) is 0 Å². The van der Waals surface area contributed by atoms with Crippen molar-refractivity contribution in [2.24, 2.45) is 0 Å². The van der Waals surface area contributed by atoms with Gasteiger partial charge in [-0.1, -0.05) is 29.8 Å². The maximum atomic E-state index is 12.2. The normalized spacial score (nSPS) is 10.3. The number of carbonyl (C=O) groups excluding carboxylic acids is 1. The summed E-state index contributed by atoms with van der Waals surface area (Å²) in [5.74, 6) is 1.63. The van der Waals surface area contributed by atoms with Gasteiger partial charge in [-0.15, -0.1) is 10.2 Å². The summed E-state index contributed by atoms with van der Waals surface area (Å²) in [6.45, 7) is 7.44. The molecule has 0 saturated heterocycles. The first-order valence-corrected chi connectivity index (χ1v) is 10.6. The van der Waals surface area contributed by atoms with Crippen LogP contribution in [0.1, 0.15) is 19.4 Å². The van der Waals surface area contributed by atoms with Crippen molar-refractivity contribution in [2.75, 3.05) is 31.7 Å². The van der Waals surface area contributed by atoms with Crippen LogP contribution in [-0.2, 0) is 0 Å². The van der Waals surface area contributed by atoms with Gasteiger partial charge in [-0.25, -0.2) is 4.79 Å². The summed E-state index contributed by atoms with van der Waals surface area (Å²) in [5.41, 5.74) is 3.56. The van der Waals surface area contributed by atoms with Crippen LogP contribution in [-0.4, -0.2) is 42.6 Å². The second-order valence-corrected chi connectivity index (χ2v) is 6.88. The smallest absolute Gasteiger partial charge is 0.319 e. The van der Waals surface area contributed by atoms with E-state index in [9.17, 15) is 4.79 Å². The fourth-order valence-corrected chi connectivity index (χ4v) is 2.90. The third-order valence-electron chi connectivity index (χ3n) is 4.43. The highest BCUT2D eigenvalue weighted by Crippen LogP contribution is 2.30. The van der Waals surface area contributed by atoms with Crippen molar-refractivity contribution >= 4 is 11.7 Å². The number of nitrogens with one attached hydrogen (secondary N) is 2. The van der Waals surface area contributed by atoms with Crippen molar-refractivity contribution in [3.8, 4) is 28.6 Å². The van der Waals surface area contributed by atoms with E-state index in [-0.39, 0.29) is 12.6 Å². The van der Waals surface area contributed by atoms with Gasteiger partial charge in [-0.3, -0.25) is 0 Å². The van der Waals surface area contributed by atoms with Crippen molar-refractivity contribution in [1.29, 1.82) is 0 Å². The molecule has 0 saturated carbocycles. The summed E-state index contributed by atoms with van der Waals surface area (Å²) < 4.78 is 16.7. The largest absolute Gasteiger partial charge is 0.490 e. The van der Waals surface area contributed by atoms with Crippen LogP contribution in [0.5, 0.6) is 17.4 Å². The number of hydrogen-bond acceptors (Lipinski definition) is 6. The number of benzene rings is 2. The lowest BCUT2D eigenvalue weighted by molar-refractivity contribution is 0.246. The monoisotopic (exact) mass is 436 g/mol. The maximum absolute atomic E-state index is 12.2. The average molecular weight is 437 g/mol. The van der Waals surface area contributed by atoms with Gasteiger partial charge in [0.15, 0.2) is 11.5 Å². The van der Waals surface area contributed by atoms with Gasteiger partial charge >= 0.3 is 6.03 Å². The number of ether oxygens (including phenoxy) is 3.